The Bertz CT molecular complexity index is 1120. The summed E-state index contributed by atoms with van der Waals surface area (Å²) in [6.45, 7) is 0. The molecule has 0 N–H and O–H groups in total. The molecular weight excluding hydrogens is 304 g/mol. The summed E-state index contributed by atoms with van der Waals surface area (Å²) < 4.78 is 19.8. The molecule has 1 atom stereocenters. The van der Waals surface area contributed by atoms with Gasteiger partial charge in [-0.1, -0.05) is 36.4 Å². The van der Waals surface area contributed by atoms with Crippen LogP contribution in [0, 0.1) is 0 Å². The molecule has 0 aliphatic rings. The van der Waals surface area contributed by atoms with E-state index in [-0.39, 0.29) is 0 Å². The Morgan fingerprint density at radius 1 is 0.870 bits per heavy atom. The van der Waals surface area contributed by atoms with Gasteiger partial charge in [0.1, 0.15) is 0 Å². The number of aromatic nitrogens is 1. The maximum absolute atomic E-state index is 13.1. The van der Waals surface area contributed by atoms with Gasteiger partial charge in [0.05, 0.1) is 26.4 Å². The van der Waals surface area contributed by atoms with Crippen LogP contribution in [-0.2, 0) is 9.73 Å². The average molecular weight is 320 g/mol. The van der Waals surface area contributed by atoms with E-state index in [0.717, 1.165) is 27.0 Å². The lowest BCUT2D eigenvalue weighted by atomic mass is 10.2. The van der Waals surface area contributed by atoms with Crippen molar-refractivity contribution in [2.24, 2.45) is 4.36 Å². The third-order valence-electron chi connectivity index (χ3n) is 3.95. The van der Waals surface area contributed by atoms with Gasteiger partial charge in [-0.3, -0.25) is 0 Å². The van der Waals surface area contributed by atoms with E-state index in [1.165, 1.54) is 0 Å². The summed E-state index contributed by atoms with van der Waals surface area (Å²) in [5.74, 6) is 0. The van der Waals surface area contributed by atoms with Gasteiger partial charge in [-0.05, 0) is 36.4 Å². The molecule has 23 heavy (non-hydrogen) atoms. The highest BCUT2D eigenvalue weighted by Gasteiger charge is 2.10. The van der Waals surface area contributed by atoms with Crippen molar-refractivity contribution in [2.45, 2.75) is 4.90 Å². The second-order valence-electron chi connectivity index (χ2n) is 5.56. The van der Waals surface area contributed by atoms with Crippen molar-refractivity contribution >= 4 is 31.8 Å². The van der Waals surface area contributed by atoms with E-state index in [1.807, 2.05) is 72.9 Å². The second kappa shape index (κ2) is 5.25. The number of benzene rings is 2. The molecule has 0 radical (unpaired) electrons. The molecule has 2 aromatic heterocycles. The smallest absolute Gasteiger partial charge is 0.0980 e. The van der Waals surface area contributed by atoms with Crippen LogP contribution in [0.25, 0.3) is 16.4 Å². The standard InChI is InChI=1S/C19H16N2OS/c1-23(22,16-9-3-2-4-10-16)20-17-14-15-8-5-6-11-18(15)21-13-7-12-19(17)21/h2-14H,1H3. The van der Waals surface area contributed by atoms with Crippen LogP contribution in [0.2, 0.25) is 0 Å². The molecule has 4 aromatic rings. The van der Waals surface area contributed by atoms with E-state index in [0.29, 0.717) is 0 Å². The van der Waals surface area contributed by atoms with Crippen LogP contribution in [0.3, 0.4) is 0 Å². The summed E-state index contributed by atoms with van der Waals surface area (Å²) in [5, 5.41) is 1.08. The quantitative estimate of drug-likeness (QED) is 0.518. The second-order valence-corrected chi connectivity index (χ2v) is 7.82. The number of rotatable bonds is 2. The number of hydrogen-bond donors (Lipinski definition) is 0. The molecule has 0 bridgehead atoms. The average Bonchev–Trinajstić information content (AvgIpc) is 3.06. The highest BCUT2D eigenvalue weighted by atomic mass is 32.2. The first-order chi connectivity index (χ1) is 11.1. The topological polar surface area (TPSA) is 33.8 Å². The van der Waals surface area contributed by atoms with Crippen LogP contribution in [0.1, 0.15) is 0 Å². The van der Waals surface area contributed by atoms with Crippen molar-refractivity contribution in [1.82, 2.24) is 4.40 Å². The molecule has 0 saturated heterocycles. The third kappa shape index (κ3) is 2.41. The van der Waals surface area contributed by atoms with Gasteiger partial charge in [0.2, 0.25) is 0 Å². The Labute approximate surface area is 135 Å². The van der Waals surface area contributed by atoms with Crippen LogP contribution < -0.4 is 0 Å². The minimum absolute atomic E-state index is 0.748. The van der Waals surface area contributed by atoms with Crippen molar-refractivity contribution in [3.05, 3.63) is 79.0 Å². The lowest BCUT2D eigenvalue weighted by Gasteiger charge is -2.08. The number of pyridine rings is 1. The summed E-state index contributed by atoms with van der Waals surface area (Å²) >= 11 is 0. The first-order valence-corrected chi connectivity index (χ1v) is 9.33. The molecule has 2 heterocycles. The van der Waals surface area contributed by atoms with Gasteiger partial charge >= 0.3 is 0 Å². The van der Waals surface area contributed by atoms with E-state index >= 15 is 0 Å². The fourth-order valence-corrected chi connectivity index (χ4v) is 4.13. The summed E-state index contributed by atoms with van der Waals surface area (Å²) in [6.07, 6.45) is 3.70. The Morgan fingerprint density at radius 2 is 1.57 bits per heavy atom. The lowest BCUT2D eigenvalue weighted by molar-refractivity contribution is 0.681. The van der Waals surface area contributed by atoms with Crippen LogP contribution in [0.5, 0.6) is 0 Å². The van der Waals surface area contributed by atoms with E-state index < -0.39 is 9.73 Å². The van der Waals surface area contributed by atoms with E-state index in [1.54, 1.807) is 6.26 Å². The zero-order chi connectivity index (χ0) is 15.9. The highest BCUT2D eigenvalue weighted by Crippen LogP contribution is 2.30. The summed E-state index contributed by atoms with van der Waals surface area (Å²) in [7, 11) is -2.49. The van der Waals surface area contributed by atoms with E-state index in [2.05, 4.69) is 14.8 Å². The predicted molar refractivity (Wildman–Crippen MR) is 95.8 cm³/mol. The molecule has 3 nitrogen and oxygen atoms in total. The highest BCUT2D eigenvalue weighted by molar-refractivity contribution is 7.93. The minimum Gasteiger partial charge on any atom is -0.314 e. The Balaban J connectivity index is 2.03. The molecule has 0 fully saturated rings. The summed E-state index contributed by atoms with van der Waals surface area (Å²) in [6, 6.07) is 23.6. The maximum Gasteiger partial charge on any atom is 0.0980 e. The predicted octanol–water partition coefficient (Wildman–Crippen LogP) is 4.88. The SMILES string of the molecule is CS(=O)(=Nc1cc2ccccc2n2cccc12)c1ccccc1. The number of para-hydroxylation sites is 1. The van der Waals surface area contributed by atoms with Crippen LogP contribution in [0.15, 0.2) is 88.3 Å². The van der Waals surface area contributed by atoms with Crippen molar-refractivity contribution < 1.29 is 4.21 Å². The monoisotopic (exact) mass is 320 g/mol. The molecule has 1 unspecified atom stereocenters. The van der Waals surface area contributed by atoms with Crippen molar-refractivity contribution in [2.75, 3.05) is 6.26 Å². The maximum atomic E-state index is 13.1. The van der Waals surface area contributed by atoms with Gasteiger partial charge in [-0.2, -0.15) is 4.36 Å². The molecule has 0 aliphatic carbocycles. The van der Waals surface area contributed by atoms with Gasteiger partial charge in [-0.15, -0.1) is 0 Å². The Morgan fingerprint density at radius 3 is 2.39 bits per heavy atom. The molecule has 0 amide bonds. The normalized spacial score (nSPS) is 14.0. The van der Waals surface area contributed by atoms with Gasteiger partial charge in [0.15, 0.2) is 0 Å². The lowest BCUT2D eigenvalue weighted by Crippen LogP contribution is -1.97. The molecule has 0 saturated carbocycles. The number of nitrogens with zero attached hydrogens (tertiary/aromatic N) is 2. The first kappa shape index (κ1) is 14.0. The zero-order valence-corrected chi connectivity index (χ0v) is 13.5. The van der Waals surface area contributed by atoms with Crippen molar-refractivity contribution in [3.63, 3.8) is 0 Å². The van der Waals surface area contributed by atoms with Gasteiger partial charge in [0, 0.05) is 22.7 Å². The number of hydrogen-bond acceptors (Lipinski definition) is 2. The van der Waals surface area contributed by atoms with Gasteiger partial charge < -0.3 is 4.40 Å². The summed E-state index contributed by atoms with van der Waals surface area (Å²) in [4.78, 5) is 0.748. The van der Waals surface area contributed by atoms with Crippen molar-refractivity contribution in [3.8, 4) is 0 Å². The molecule has 0 aliphatic heterocycles. The summed E-state index contributed by atoms with van der Waals surface area (Å²) in [5.41, 5.74) is 2.84. The molecule has 114 valence electrons. The first-order valence-electron chi connectivity index (χ1n) is 7.41. The largest absolute Gasteiger partial charge is 0.314 e. The van der Waals surface area contributed by atoms with Crippen LogP contribution >= 0.6 is 0 Å². The molecule has 4 heteroatoms. The molecule has 2 aromatic carbocycles. The van der Waals surface area contributed by atoms with E-state index in [9.17, 15) is 4.21 Å². The van der Waals surface area contributed by atoms with Crippen LogP contribution in [-0.4, -0.2) is 14.9 Å². The fourth-order valence-electron chi connectivity index (χ4n) is 2.84. The third-order valence-corrected chi connectivity index (χ3v) is 5.64. The minimum atomic E-state index is -2.49. The Kier molecular flexibility index (Phi) is 3.20. The fraction of sp³-hybridized carbons (Fsp3) is 0.0526. The molecule has 4 rings (SSSR count). The number of fused-ring (bicyclic) bond motifs is 3. The molecular formula is C19H16N2OS. The molecule has 0 spiro atoms. The van der Waals surface area contributed by atoms with E-state index in [4.69, 9.17) is 0 Å². The zero-order valence-electron chi connectivity index (χ0n) is 12.7. The van der Waals surface area contributed by atoms with Gasteiger partial charge in [0.25, 0.3) is 0 Å². The van der Waals surface area contributed by atoms with Gasteiger partial charge in [-0.25, -0.2) is 4.21 Å². The van der Waals surface area contributed by atoms with Crippen molar-refractivity contribution in [1.29, 1.82) is 0 Å². The van der Waals surface area contributed by atoms with Crippen LogP contribution in [0.4, 0.5) is 5.69 Å². The Hall–Kier alpha value is -2.59.